The SMILES string of the molecule is COCCNC(N)=NCc1cc(Cl)c(Cl)n1C. The van der Waals surface area contributed by atoms with Crippen molar-refractivity contribution < 1.29 is 4.74 Å². The number of halogens is 2. The largest absolute Gasteiger partial charge is 0.383 e. The molecule has 1 heterocycles. The van der Waals surface area contributed by atoms with E-state index in [4.69, 9.17) is 33.7 Å². The molecule has 0 amide bonds. The number of aromatic nitrogens is 1. The lowest BCUT2D eigenvalue weighted by Crippen LogP contribution is -2.34. The summed E-state index contributed by atoms with van der Waals surface area (Å²) in [7, 11) is 3.45. The van der Waals surface area contributed by atoms with Crippen LogP contribution in [0.4, 0.5) is 0 Å². The first-order chi connectivity index (χ1) is 8.06. The van der Waals surface area contributed by atoms with Crippen LogP contribution in [0.1, 0.15) is 5.69 Å². The summed E-state index contributed by atoms with van der Waals surface area (Å²) >= 11 is 11.8. The lowest BCUT2D eigenvalue weighted by molar-refractivity contribution is 0.204. The highest BCUT2D eigenvalue weighted by Crippen LogP contribution is 2.25. The van der Waals surface area contributed by atoms with Crippen LogP contribution in [-0.4, -0.2) is 30.8 Å². The number of guanidine groups is 1. The molecule has 0 radical (unpaired) electrons. The second kappa shape index (κ2) is 6.74. The van der Waals surface area contributed by atoms with Crippen LogP contribution in [0.15, 0.2) is 11.1 Å². The topological polar surface area (TPSA) is 64.6 Å². The van der Waals surface area contributed by atoms with Crippen molar-refractivity contribution >= 4 is 29.2 Å². The van der Waals surface area contributed by atoms with Crippen molar-refractivity contribution in [2.24, 2.45) is 17.8 Å². The monoisotopic (exact) mass is 278 g/mol. The molecule has 5 nitrogen and oxygen atoms in total. The highest BCUT2D eigenvalue weighted by molar-refractivity contribution is 6.41. The second-order valence-corrected chi connectivity index (χ2v) is 4.22. The van der Waals surface area contributed by atoms with Gasteiger partial charge in [-0.25, -0.2) is 4.99 Å². The second-order valence-electron chi connectivity index (χ2n) is 3.45. The maximum absolute atomic E-state index is 5.94. The Hall–Kier alpha value is -0.910. The summed E-state index contributed by atoms with van der Waals surface area (Å²) in [6.07, 6.45) is 0. The number of ether oxygens (including phenoxy) is 1. The van der Waals surface area contributed by atoms with Gasteiger partial charge in [0, 0.05) is 26.4 Å². The minimum atomic E-state index is 0.371. The van der Waals surface area contributed by atoms with Gasteiger partial charge in [-0.05, 0) is 6.07 Å². The Bertz CT molecular complexity index is 403. The van der Waals surface area contributed by atoms with E-state index in [-0.39, 0.29) is 0 Å². The van der Waals surface area contributed by atoms with Crippen molar-refractivity contribution in [3.05, 3.63) is 21.9 Å². The molecule has 0 aliphatic carbocycles. The van der Waals surface area contributed by atoms with Gasteiger partial charge in [-0.3, -0.25) is 0 Å². The number of hydrogen-bond donors (Lipinski definition) is 2. The van der Waals surface area contributed by atoms with E-state index in [0.717, 1.165) is 5.69 Å². The first-order valence-electron chi connectivity index (χ1n) is 5.08. The van der Waals surface area contributed by atoms with E-state index in [2.05, 4.69) is 10.3 Å². The Kier molecular flexibility index (Phi) is 5.61. The smallest absolute Gasteiger partial charge is 0.189 e. The van der Waals surface area contributed by atoms with Gasteiger partial charge in [-0.2, -0.15) is 0 Å². The molecule has 0 saturated carbocycles. The van der Waals surface area contributed by atoms with Crippen LogP contribution in [0.5, 0.6) is 0 Å². The molecule has 0 atom stereocenters. The number of hydrogen-bond acceptors (Lipinski definition) is 2. The Morgan fingerprint density at radius 1 is 1.59 bits per heavy atom. The van der Waals surface area contributed by atoms with Gasteiger partial charge in [0.05, 0.1) is 18.2 Å². The highest BCUT2D eigenvalue weighted by atomic mass is 35.5. The molecule has 1 aromatic rings. The minimum absolute atomic E-state index is 0.371. The van der Waals surface area contributed by atoms with E-state index in [0.29, 0.717) is 35.8 Å². The van der Waals surface area contributed by atoms with Gasteiger partial charge < -0.3 is 20.4 Å². The van der Waals surface area contributed by atoms with Gasteiger partial charge in [0.2, 0.25) is 0 Å². The summed E-state index contributed by atoms with van der Waals surface area (Å²) in [5.41, 5.74) is 6.56. The normalized spacial score (nSPS) is 11.9. The third-order valence-electron chi connectivity index (χ3n) is 2.24. The van der Waals surface area contributed by atoms with Gasteiger partial charge in [0.25, 0.3) is 0 Å². The molecule has 3 N–H and O–H groups in total. The third kappa shape index (κ3) is 4.11. The van der Waals surface area contributed by atoms with Crippen molar-refractivity contribution in [2.45, 2.75) is 6.54 Å². The van der Waals surface area contributed by atoms with E-state index in [1.807, 2.05) is 7.05 Å². The minimum Gasteiger partial charge on any atom is -0.383 e. The average molecular weight is 279 g/mol. The molecule has 7 heteroatoms. The molecule has 0 aliphatic rings. The molecule has 96 valence electrons. The lowest BCUT2D eigenvalue weighted by atomic mass is 10.4. The Morgan fingerprint density at radius 2 is 2.29 bits per heavy atom. The first kappa shape index (κ1) is 14.2. The molecule has 1 aromatic heterocycles. The van der Waals surface area contributed by atoms with E-state index >= 15 is 0 Å². The molecule has 0 fully saturated rings. The first-order valence-corrected chi connectivity index (χ1v) is 5.84. The Morgan fingerprint density at radius 3 is 2.82 bits per heavy atom. The van der Waals surface area contributed by atoms with E-state index in [1.54, 1.807) is 17.7 Å². The van der Waals surface area contributed by atoms with Crippen molar-refractivity contribution in [2.75, 3.05) is 20.3 Å². The van der Waals surface area contributed by atoms with Gasteiger partial charge in [0.1, 0.15) is 5.15 Å². The molecule has 0 unspecified atom stereocenters. The molecule has 0 spiro atoms. The van der Waals surface area contributed by atoms with Crippen LogP contribution < -0.4 is 11.1 Å². The third-order valence-corrected chi connectivity index (χ3v) is 3.08. The quantitative estimate of drug-likeness (QED) is 0.486. The zero-order chi connectivity index (χ0) is 12.8. The standard InChI is InChI=1S/C10H16Cl2N4O/c1-16-7(5-8(11)9(16)12)6-15-10(13)14-3-4-17-2/h5H,3-4,6H2,1-2H3,(H3,13,14,15). The molecule has 17 heavy (non-hydrogen) atoms. The predicted octanol–water partition coefficient (Wildman–Crippen LogP) is 1.38. The Balaban J connectivity index is 2.54. The maximum atomic E-state index is 5.94. The predicted molar refractivity (Wildman–Crippen MR) is 70.6 cm³/mol. The van der Waals surface area contributed by atoms with Crippen LogP contribution in [0.2, 0.25) is 10.2 Å². The van der Waals surface area contributed by atoms with Crippen LogP contribution in [0.3, 0.4) is 0 Å². The van der Waals surface area contributed by atoms with Crippen molar-refractivity contribution in [3.8, 4) is 0 Å². The summed E-state index contributed by atoms with van der Waals surface area (Å²) in [5, 5.41) is 3.94. The molecular formula is C10H16Cl2N4O. The molecule has 0 bridgehead atoms. The number of nitrogens with zero attached hydrogens (tertiary/aromatic N) is 2. The number of nitrogens with two attached hydrogens (primary N) is 1. The summed E-state index contributed by atoms with van der Waals surface area (Å²) in [6.45, 7) is 1.63. The molecular weight excluding hydrogens is 263 g/mol. The summed E-state index contributed by atoms with van der Waals surface area (Å²) in [4.78, 5) is 4.17. The van der Waals surface area contributed by atoms with Crippen LogP contribution in [0, 0.1) is 0 Å². The van der Waals surface area contributed by atoms with Crippen LogP contribution in [-0.2, 0) is 18.3 Å². The van der Waals surface area contributed by atoms with E-state index < -0.39 is 0 Å². The van der Waals surface area contributed by atoms with Crippen molar-refractivity contribution in [3.63, 3.8) is 0 Å². The van der Waals surface area contributed by atoms with Crippen molar-refractivity contribution in [1.29, 1.82) is 0 Å². The maximum Gasteiger partial charge on any atom is 0.189 e. The highest BCUT2D eigenvalue weighted by Gasteiger charge is 2.07. The summed E-state index contributed by atoms with van der Waals surface area (Å²) in [6, 6.07) is 1.77. The zero-order valence-corrected chi connectivity index (χ0v) is 11.3. The van der Waals surface area contributed by atoms with E-state index in [9.17, 15) is 0 Å². The van der Waals surface area contributed by atoms with Gasteiger partial charge in [-0.15, -0.1) is 0 Å². The Labute approximate surface area is 111 Å². The summed E-state index contributed by atoms with van der Waals surface area (Å²) < 4.78 is 6.65. The molecule has 0 saturated heterocycles. The number of aliphatic imine (C=N–C) groups is 1. The molecule has 0 aromatic carbocycles. The van der Waals surface area contributed by atoms with Crippen LogP contribution in [0.25, 0.3) is 0 Å². The zero-order valence-electron chi connectivity index (χ0n) is 9.83. The number of methoxy groups -OCH3 is 1. The molecule has 1 rings (SSSR count). The lowest BCUT2D eigenvalue weighted by Gasteiger charge is -2.05. The van der Waals surface area contributed by atoms with Crippen LogP contribution >= 0.6 is 23.2 Å². The van der Waals surface area contributed by atoms with Gasteiger partial charge >= 0.3 is 0 Å². The summed E-state index contributed by atoms with van der Waals surface area (Å²) in [5.74, 6) is 0.371. The van der Waals surface area contributed by atoms with Crippen molar-refractivity contribution in [1.82, 2.24) is 9.88 Å². The van der Waals surface area contributed by atoms with E-state index in [1.165, 1.54) is 0 Å². The average Bonchev–Trinajstić information content (AvgIpc) is 2.54. The fraction of sp³-hybridized carbons (Fsp3) is 0.500. The van der Waals surface area contributed by atoms with Gasteiger partial charge in [-0.1, -0.05) is 23.2 Å². The van der Waals surface area contributed by atoms with Gasteiger partial charge in [0.15, 0.2) is 5.96 Å². The number of nitrogens with one attached hydrogen (secondary N) is 1. The fourth-order valence-corrected chi connectivity index (χ4v) is 1.66. The number of rotatable bonds is 5. The molecule has 0 aliphatic heterocycles. The fourth-order valence-electron chi connectivity index (χ4n) is 1.24.